The third-order valence-electron chi connectivity index (χ3n) is 9.62. The number of rotatable bonds is 7. The molecule has 52 heavy (non-hydrogen) atoms. The van der Waals surface area contributed by atoms with Crippen LogP contribution in [0.3, 0.4) is 0 Å². The average molecular weight is 725 g/mol. The van der Waals surface area contributed by atoms with Crippen molar-refractivity contribution in [2.24, 2.45) is 0 Å². The molecule has 6 heteroatoms. The Morgan fingerprint density at radius 2 is 0.635 bits per heavy atom. The molecule has 0 aromatic heterocycles. The Labute approximate surface area is 311 Å². The van der Waals surface area contributed by atoms with Crippen LogP contribution in [-0.2, 0) is 0 Å². The van der Waals surface area contributed by atoms with Gasteiger partial charge in [0.05, 0.1) is 0 Å². The molecule has 0 N–H and O–H groups in total. The predicted octanol–water partition coefficient (Wildman–Crippen LogP) is 9.04. The highest BCUT2D eigenvalue weighted by molar-refractivity contribution is 7.80. The van der Waals surface area contributed by atoms with Gasteiger partial charge in [0.2, 0.25) is 13.6 Å². The van der Waals surface area contributed by atoms with E-state index in [0.29, 0.717) is 0 Å². The molecular formula is C46H46O4P2. The zero-order valence-electron chi connectivity index (χ0n) is 31.2. The van der Waals surface area contributed by atoms with E-state index >= 15 is 0 Å². The van der Waals surface area contributed by atoms with Gasteiger partial charge in [-0.05, 0) is 127 Å². The van der Waals surface area contributed by atoms with E-state index in [1.54, 1.807) is 0 Å². The van der Waals surface area contributed by atoms with Gasteiger partial charge in [-0.3, -0.25) is 0 Å². The molecule has 0 aliphatic carbocycles. The number of aryl methyl sites for hydroxylation is 8. The molecule has 0 saturated carbocycles. The molecule has 0 amide bonds. The Balaban J connectivity index is 0.00000435. The molecule has 264 valence electrons. The number of benzene rings is 6. The molecule has 6 aromatic carbocycles. The molecule has 0 spiro atoms. The third kappa shape index (κ3) is 6.49. The number of hydrogen-bond donors (Lipinski definition) is 0. The Kier molecular flexibility index (Phi) is 9.11. The molecule has 6 aromatic rings. The van der Waals surface area contributed by atoms with Crippen molar-refractivity contribution in [1.82, 2.24) is 0 Å². The largest absolute Gasteiger partial charge is 0.454 e. The maximum atomic E-state index is 6.52. The van der Waals surface area contributed by atoms with Gasteiger partial charge < -0.3 is 18.9 Å². The normalized spacial score (nSPS) is 13.0. The summed E-state index contributed by atoms with van der Waals surface area (Å²) >= 11 is 0. The van der Waals surface area contributed by atoms with E-state index in [9.17, 15) is 0 Å². The van der Waals surface area contributed by atoms with Crippen molar-refractivity contribution in [1.29, 1.82) is 0 Å². The van der Waals surface area contributed by atoms with Crippen LogP contribution in [0.1, 0.15) is 45.9 Å². The van der Waals surface area contributed by atoms with E-state index in [1.807, 2.05) is 0 Å². The number of fused-ring (bicyclic) bond motifs is 2. The van der Waals surface area contributed by atoms with Crippen LogP contribution in [0.25, 0.3) is 11.1 Å². The minimum absolute atomic E-state index is 0. The summed E-state index contributed by atoms with van der Waals surface area (Å²) in [5, 5.41) is 7.61. The first kappa shape index (κ1) is 34.5. The van der Waals surface area contributed by atoms with Crippen molar-refractivity contribution in [3.05, 3.63) is 142 Å². The van der Waals surface area contributed by atoms with Crippen molar-refractivity contribution in [2.45, 2.75) is 55.4 Å². The van der Waals surface area contributed by atoms with E-state index in [2.05, 4.69) is 152 Å². The van der Waals surface area contributed by atoms with Gasteiger partial charge in [-0.2, -0.15) is 0 Å². The SMILES string of the molecule is Cc1cc(C)cc(P(c2cc(C)cc(C)c2)c2ccc3c(c2-c2c(P(c4cc(C)cc(C)c4)c4cc(C)cc(C)c4)ccc4c2OCO4)OCO3)c1.[HH]. The summed E-state index contributed by atoms with van der Waals surface area (Å²) in [5.41, 5.74) is 12.1. The van der Waals surface area contributed by atoms with Crippen LogP contribution in [0, 0.1) is 55.4 Å². The van der Waals surface area contributed by atoms with Crippen LogP contribution in [0.15, 0.2) is 97.1 Å². The summed E-state index contributed by atoms with van der Waals surface area (Å²) < 4.78 is 25.4. The van der Waals surface area contributed by atoms with Crippen LogP contribution in [0.2, 0.25) is 0 Å². The lowest BCUT2D eigenvalue weighted by molar-refractivity contribution is 0.173. The Hall–Kier alpha value is -4.62. The van der Waals surface area contributed by atoms with Gasteiger partial charge in [-0.1, -0.05) is 117 Å². The zero-order chi connectivity index (χ0) is 36.3. The lowest BCUT2D eigenvalue weighted by Gasteiger charge is -2.28. The van der Waals surface area contributed by atoms with Crippen LogP contribution >= 0.6 is 15.8 Å². The molecule has 8 rings (SSSR count). The summed E-state index contributed by atoms with van der Waals surface area (Å²) in [6, 6.07) is 36.7. The van der Waals surface area contributed by atoms with Crippen molar-refractivity contribution in [3.63, 3.8) is 0 Å². The summed E-state index contributed by atoms with van der Waals surface area (Å²) in [6.07, 6.45) is 0. The van der Waals surface area contributed by atoms with Gasteiger partial charge in [-0.15, -0.1) is 0 Å². The first-order valence-corrected chi connectivity index (χ1v) is 20.5. The summed E-state index contributed by atoms with van der Waals surface area (Å²) in [7, 11) is -2.11. The molecule has 0 unspecified atom stereocenters. The molecule has 2 heterocycles. The van der Waals surface area contributed by atoms with Crippen LogP contribution in [0.5, 0.6) is 23.0 Å². The van der Waals surface area contributed by atoms with Crippen LogP contribution in [0.4, 0.5) is 0 Å². The molecule has 4 nitrogen and oxygen atoms in total. The quantitative estimate of drug-likeness (QED) is 0.154. The first-order valence-electron chi connectivity index (χ1n) is 17.8. The minimum atomic E-state index is -1.05. The molecule has 2 aliphatic heterocycles. The van der Waals surface area contributed by atoms with E-state index < -0.39 is 15.8 Å². The fraction of sp³-hybridized carbons (Fsp3) is 0.217. The smallest absolute Gasteiger partial charge is 0.231 e. The second-order valence-electron chi connectivity index (χ2n) is 14.4. The van der Waals surface area contributed by atoms with E-state index in [1.165, 1.54) is 76.3 Å². The van der Waals surface area contributed by atoms with Crippen molar-refractivity contribution in [2.75, 3.05) is 13.6 Å². The van der Waals surface area contributed by atoms with Gasteiger partial charge in [-0.25, -0.2) is 0 Å². The van der Waals surface area contributed by atoms with Crippen molar-refractivity contribution < 1.29 is 20.4 Å². The first-order chi connectivity index (χ1) is 25.0. The van der Waals surface area contributed by atoms with Gasteiger partial charge in [0.1, 0.15) is 0 Å². The molecule has 0 radical (unpaired) electrons. The molecule has 2 aliphatic rings. The molecule has 0 atom stereocenters. The maximum absolute atomic E-state index is 6.52. The molecule has 0 fully saturated rings. The predicted molar refractivity (Wildman–Crippen MR) is 222 cm³/mol. The third-order valence-corrected chi connectivity index (χ3v) is 14.4. The number of hydrogen-bond acceptors (Lipinski definition) is 4. The monoisotopic (exact) mass is 724 g/mol. The highest BCUT2D eigenvalue weighted by atomic mass is 31.1. The standard InChI is InChI=1S/C46H44O4P2.H2/c1-27-13-28(2)18-35(17-27)51(36-19-29(3)14-30(4)20-36)41-11-9-39-45(49-25-47-39)43(41)44-42(12-10-40-46(44)50-26-48-40)52(37-21-31(5)15-32(6)22-37)38-23-33(7)16-34(8)24-38;/h9-24H,25-26H2,1-8H3;1H. The van der Waals surface area contributed by atoms with Gasteiger partial charge in [0.25, 0.3) is 0 Å². The summed E-state index contributed by atoms with van der Waals surface area (Å²) in [4.78, 5) is 0. The lowest BCUT2D eigenvalue weighted by Crippen LogP contribution is -2.27. The highest BCUT2D eigenvalue weighted by Crippen LogP contribution is 2.53. The van der Waals surface area contributed by atoms with E-state index in [4.69, 9.17) is 18.9 Å². The van der Waals surface area contributed by atoms with Crippen LogP contribution < -0.4 is 50.8 Å². The fourth-order valence-corrected chi connectivity index (χ4v) is 13.6. The summed E-state index contributed by atoms with van der Waals surface area (Å²) in [5.74, 6) is 3.03. The average Bonchev–Trinajstić information content (AvgIpc) is 3.74. The Morgan fingerprint density at radius 1 is 0.365 bits per heavy atom. The van der Waals surface area contributed by atoms with E-state index in [-0.39, 0.29) is 15.0 Å². The Bertz CT molecular complexity index is 2040. The fourth-order valence-electron chi connectivity index (χ4n) is 7.95. The van der Waals surface area contributed by atoms with Gasteiger partial charge >= 0.3 is 0 Å². The van der Waals surface area contributed by atoms with Crippen LogP contribution in [-0.4, -0.2) is 13.6 Å². The second-order valence-corrected chi connectivity index (χ2v) is 18.8. The minimum Gasteiger partial charge on any atom is -0.454 e. The number of ether oxygens (including phenoxy) is 4. The van der Waals surface area contributed by atoms with Crippen molar-refractivity contribution >= 4 is 47.7 Å². The molecule has 0 saturated heterocycles. The highest BCUT2D eigenvalue weighted by Gasteiger charge is 2.36. The van der Waals surface area contributed by atoms with Gasteiger partial charge in [0, 0.05) is 12.6 Å². The molecule has 0 bridgehead atoms. The van der Waals surface area contributed by atoms with E-state index in [0.717, 1.165) is 34.1 Å². The zero-order valence-corrected chi connectivity index (χ0v) is 33.0. The van der Waals surface area contributed by atoms with Gasteiger partial charge in [0.15, 0.2) is 23.0 Å². The van der Waals surface area contributed by atoms with Crippen molar-refractivity contribution in [3.8, 4) is 34.1 Å². The topological polar surface area (TPSA) is 36.9 Å². The summed E-state index contributed by atoms with van der Waals surface area (Å²) in [6.45, 7) is 17.9. The molecular weight excluding hydrogens is 678 g/mol. The second kappa shape index (κ2) is 13.7. The maximum Gasteiger partial charge on any atom is 0.231 e. The Morgan fingerprint density at radius 3 is 0.904 bits per heavy atom. The lowest BCUT2D eigenvalue weighted by atomic mass is 10.0.